The van der Waals surface area contributed by atoms with Crippen LogP contribution in [0.5, 0.6) is 0 Å². The van der Waals surface area contributed by atoms with Gasteiger partial charge in [-0.3, -0.25) is 14.6 Å². The van der Waals surface area contributed by atoms with E-state index in [1.165, 1.54) is 6.20 Å². The third kappa shape index (κ3) is 3.48. The molecule has 0 unspecified atom stereocenters. The fourth-order valence-corrected chi connectivity index (χ4v) is 3.35. The fraction of sp³-hybridized carbons (Fsp3) is 0.368. The van der Waals surface area contributed by atoms with Crippen molar-refractivity contribution in [3.05, 3.63) is 46.9 Å². The van der Waals surface area contributed by atoms with Gasteiger partial charge in [0.15, 0.2) is 5.65 Å². The van der Waals surface area contributed by atoms with Crippen LogP contribution in [0.4, 0.5) is 5.95 Å². The first-order valence-electron chi connectivity index (χ1n) is 9.24. The van der Waals surface area contributed by atoms with E-state index in [2.05, 4.69) is 15.1 Å². The molecule has 1 saturated heterocycles. The maximum atomic E-state index is 12.5. The molecule has 1 aliphatic rings. The molecule has 1 aliphatic heterocycles. The van der Waals surface area contributed by atoms with Crippen LogP contribution in [-0.2, 0) is 4.79 Å². The Hall–Kier alpha value is -3.20. The lowest BCUT2D eigenvalue weighted by atomic mass is 10.3. The van der Waals surface area contributed by atoms with Crippen molar-refractivity contribution in [2.45, 2.75) is 0 Å². The lowest BCUT2D eigenvalue weighted by Gasteiger charge is -2.35. The summed E-state index contributed by atoms with van der Waals surface area (Å²) in [7, 11) is 3.77. The number of benzene rings is 1. The maximum Gasteiger partial charge on any atom is 0.263 e. The number of anilines is 1. The Kier molecular flexibility index (Phi) is 4.82. The first-order valence-corrected chi connectivity index (χ1v) is 9.24. The Morgan fingerprint density at radius 1 is 1.14 bits per heavy atom. The molecule has 0 saturated carbocycles. The van der Waals surface area contributed by atoms with Gasteiger partial charge < -0.3 is 14.7 Å². The van der Waals surface area contributed by atoms with Crippen molar-refractivity contribution in [2.24, 2.45) is 0 Å². The van der Waals surface area contributed by atoms with Crippen molar-refractivity contribution in [1.29, 1.82) is 0 Å². The predicted octanol–water partition coefficient (Wildman–Crippen LogP) is 0.319. The van der Waals surface area contributed by atoms with Crippen molar-refractivity contribution in [3.8, 4) is 5.69 Å². The molecule has 9 nitrogen and oxygen atoms in total. The number of nitrogens with zero attached hydrogens (tertiary/aromatic N) is 6. The van der Waals surface area contributed by atoms with Crippen LogP contribution in [0.2, 0.25) is 0 Å². The molecular formula is C19H23N7O2. The van der Waals surface area contributed by atoms with Gasteiger partial charge in [-0.2, -0.15) is 10.1 Å². The van der Waals surface area contributed by atoms with Crippen LogP contribution in [0.25, 0.3) is 16.7 Å². The molecule has 9 heteroatoms. The van der Waals surface area contributed by atoms with Gasteiger partial charge in [0.2, 0.25) is 11.9 Å². The molecule has 1 aromatic carbocycles. The molecule has 1 fully saturated rings. The van der Waals surface area contributed by atoms with E-state index < -0.39 is 0 Å². The summed E-state index contributed by atoms with van der Waals surface area (Å²) < 4.78 is 1.67. The first kappa shape index (κ1) is 18.2. The molecule has 1 N–H and O–H groups in total. The van der Waals surface area contributed by atoms with Crippen LogP contribution in [0.15, 0.2) is 41.3 Å². The summed E-state index contributed by atoms with van der Waals surface area (Å²) >= 11 is 0. The first-order chi connectivity index (χ1) is 13.5. The van der Waals surface area contributed by atoms with E-state index in [0.29, 0.717) is 49.7 Å². The number of likely N-dealkylation sites (N-methyl/N-ethyl adjacent to an activating group) is 1. The number of piperazine rings is 1. The lowest BCUT2D eigenvalue weighted by molar-refractivity contribution is -0.132. The Balaban J connectivity index is 1.59. The predicted molar refractivity (Wildman–Crippen MR) is 107 cm³/mol. The number of carbonyl (C=O) groups excluding carboxylic acids is 1. The topological polar surface area (TPSA) is 90.4 Å². The lowest BCUT2D eigenvalue weighted by Crippen LogP contribution is -2.51. The summed E-state index contributed by atoms with van der Waals surface area (Å²) in [4.78, 5) is 38.0. The smallest absolute Gasteiger partial charge is 0.263 e. The van der Waals surface area contributed by atoms with E-state index >= 15 is 0 Å². The summed E-state index contributed by atoms with van der Waals surface area (Å²) in [6.07, 6.45) is 1.54. The standard InChI is InChI=1S/C19H23N7O2/c1-23(2)13-16(27)24-8-10-25(11-9-24)19-21-17-15(18(28)22-19)12-20-26(17)14-6-4-3-5-7-14/h3-7,12H,8-11,13H2,1-2H3,(H,21,22,28). The number of para-hydroxylation sites is 1. The van der Waals surface area contributed by atoms with Gasteiger partial charge >= 0.3 is 0 Å². The van der Waals surface area contributed by atoms with Crippen molar-refractivity contribution >= 4 is 22.9 Å². The summed E-state index contributed by atoms with van der Waals surface area (Å²) in [5, 5.41) is 4.78. The average Bonchev–Trinajstić information content (AvgIpc) is 3.13. The maximum absolute atomic E-state index is 12.5. The van der Waals surface area contributed by atoms with Crippen molar-refractivity contribution < 1.29 is 4.79 Å². The zero-order valence-electron chi connectivity index (χ0n) is 16.0. The number of amides is 1. The summed E-state index contributed by atoms with van der Waals surface area (Å²) in [6, 6.07) is 9.61. The highest BCUT2D eigenvalue weighted by atomic mass is 16.2. The Labute approximate surface area is 162 Å². The second-order valence-electron chi connectivity index (χ2n) is 7.12. The SMILES string of the molecule is CN(C)CC(=O)N1CCN(c2nc3c(cnn3-c3ccccc3)c(=O)[nH]2)CC1. The normalized spacial score (nSPS) is 14.8. The zero-order valence-corrected chi connectivity index (χ0v) is 16.0. The molecule has 1 amide bonds. The van der Waals surface area contributed by atoms with Gasteiger partial charge in [0, 0.05) is 26.2 Å². The van der Waals surface area contributed by atoms with Crippen LogP contribution in [0.3, 0.4) is 0 Å². The molecular weight excluding hydrogens is 358 g/mol. The summed E-state index contributed by atoms with van der Waals surface area (Å²) in [5.74, 6) is 0.624. The Morgan fingerprint density at radius 2 is 1.86 bits per heavy atom. The summed E-state index contributed by atoms with van der Waals surface area (Å²) in [6.45, 7) is 2.84. The number of hydrogen-bond donors (Lipinski definition) is 1. The van der Waals surface area contributed by atoms with Gasteiger partial charge in [-0.05, 0) is 26.2 Å². The third-order valence-electron chi connectivity index (χ3n) is 4.81. The van der Waals surface area contributed by atoms with Gasteiger partial charge in [0.1, 0.15) is 5.39 Å². The van der Waals surface area contributed by atoms with E-state index in [1.807, 2.05) is 59.1 Å². The van der Waals surface area contributed by atoms with E-state index in [0.717, 1.165) is 5.69 Å². The van der Waals surface area contributed by atoms with Crippen molar-refractivity contribution in [2.75, 3.05) is 51.7 Å². The van der Waals surface area contributed by atoms with Gasteiger partial charge in [-0.1, -0.05) is 18.2 Å². The van der Waals surface area contributed by atoms with Gasteiger partial charge in [-0.25, -0.2) is 4.68 Å². The number of rotatable bonds is 4. The molecule has 4 rings (SSSR count). The second kappa shape index (κ2) is 7.43. The molecule has 0 bridgehead atoms. The van der Waals surface area contributed by atoms with Gasteiger partial charge in [-0.15, -0.1) is 0 Å². The van der Waals surface area contributed by atoms with Crippen molar-refractivity contribution in [3.63, 3.8) is 0 Å². The van der Waals surface area contributed by atoms with E-state index in [-0.39, 0.29) is 11.5 Å². The highest BCUT2D eigenvalue weighted by Crippen LogP contribution is 2.17. The largest absolute Gasteiger partial charge is 0.339 e. The molecule has 0 spiro atoms. The minimum absolute atomic E-state index is 0.115. The third-order valence-corrected chi connectivity index (χ3v) is 4.81. The second-order valence-corrected chi connectivity index (χ2v) is 7.12. The number of nitrogens with one attached hydrogen (secondary N) is 1. The Bertz CT molecular complexity index is 1030. The van der Waals surface area contributed by atoms with Crippen LogP contribution in [0.1, 0.15) is 0 Å². The van der Waals surface area contributed by atoms with Crippen LogP contribution in [0, 0.1) is 0 Å². The molecule has 0 atom stereocenters. The number of aromatic nitrogens is 4. The number of aromatic amines is 1. The van der Waals surface area contributed by atoms with Gasteiger partial charge in [0.25, 0.3) is 5.56 Å². The monoisotopic (exact) mass is 381 g/mol. The number of fused-ring (bicyclic) bond motifs is 1. The molecule has 3 aromatic rings. The molecule has 2 aromatic heterocycles. The van der Waals surface area contributed by atoms with Crippen LogP contribution < -0.4 is 10.5 Å². The fourth-order valence-electron chi connectivity index (χ4n) is 3.35. The van der Waals surface area contributed by atoms with Crippen molar-refractivity contribution in [1.82, 2.24) is 29.5 Å². The highest BCUT2D eigenvalue weighted by molar-refractivity contribution is 5.79. The van der Waals surface area contributed by atoms with E-state index in [9.17, 15) is 9.59 Å². The number of carbonyl (C=O) groups is 1. The molecule has 146 valence electrons. The van der Waals surface area contributed by atoms with Crippen LogP contribution >= 0.6 is 0 Å². The van der Waals surface area contributed by atoms with E-state index in [4.69, 9.17) is 0 Å². The minimum Gasteiger partial charge on any atom is -0.339 e. The number of hydrogen-bond acceptors (Lipinski definition) is 6. The highest BCUT2D eigenvalue weighted by Gasteiger charge is 2.23. The van der Waals surface area contributed by atoms with Crippen LogP contribution in [-0.4, -0.2) is 82.3 Å². The zero-order chi connectivity index (χ0) is 19.7. The molecule has 0 aliphatic carbocycles. The van der Waals surface area contributed by atoms with Gasteiger partial charge in [0.05, 0.1) is 18.4 Å². The molecule has 3 heterocycles. The average molecular weight is 381 g/mol. The minimum atomic E-state index is -0.215. The molecule has 28 heavy (non-hydrogen) atoms. The van der Waals surface area contributed by atoms with E-state index in [1.54, 1.807) is 4.68 Å². The quantitative estimate of drug-likeness (QED) is 0.700. The molecule has 0 radical (unpaired) electrons. The summed E-state index contributed by atoms with van der Waals surface area (Å²) in [5.41, 5.74) is 1.16. The number of H-pyrrole nitrogens is 1. The Morgan fingerprint density at radius 3 is 2.54 bits per heavy atom.